The van der Waals surface area contributed by atoms with E-state index in [9.17, 15) is 4.79 Å². The van der Waals surface area contributed by atoms with E-state index >= 15 is 0 Å². The number of anilines is 1. The first kappa shape index (κ1) is 11.4. The van der Waals surface area contributed by atoms with Crippen LogP contribution in [0.2, 0.25) is 0 Å². The lowest BCUT2D eigenvalue weighted by molar-refractivity contribution is -0.117. The molecule has 82 valence electrons. The number of primary amides is 1. The minimum atomic E-state index is -0.298. The maximum atomic E-state index is 10.5. The molecule has 4 heteroatoms. The van der Waals surface area contributed by atoms with Gasteiger partial charge in [-0.3, -0.25) is 4.79 Å². The Morgan fingerprint density at radius 2 is 2.07 bits per heavy atom. The van der Waals surface area contributed by atoms with Crippen molar-refractivity contribution in [1.82, 2.24) is 0 Å². The molecule has 0 atom stereocenters. The van der Waals surface area contributed by atoms with Gasteiger partial charge < -0.3 is 15.8 Å². The molecule has 0 spiro atoms. The molecular formula is C11H16N2O2. The van der Waals surface area contributed by atoms with E-state index in [4.69, 9.17) is 10.5 Å². The Kier molecular flexibility index (Phi) is 4.47. The molecule has 0 fully saturated rings. The predicted octanol–water partition coefficient (Wildman–Crippen LogP) is 1.37. The summed E-state index contributed by atoms with van der Waals surface area (Å²) in [6.07, 6.45) is 0.340. The second-order valence-electron chi connectivity index (χ2n) is 3.10. The second kappa shape index (κ2) is 5.90. The molecular weight excluding hydrogens is 192 g/mol. The molecule has 0 heterocycles. The number of ether oxygens (including phenoxy) is 1. The molecule has 0 radical (unpaired) electrons. The smallest absolute Gasteiger partial charge is 0.219 e. The van der Waals surface area contributed by atoms with Crippen molar-refractivity contribution in [3.8, 4) is 5.75 Å². The average molecular weight is 208 g/mol. The fourth-order valence-electron chi connectivity index (χ4n) is 1.17. The molecule has 4 nitrogen and oxygen atoms in total. The molecule has 0 aromatic heterocycles. The van der Waals surface area contributed by atoms with E-state index in [0.29, 0.717) is 19.6 Å². The van der Waals surface area contributed by atoms with Crippen LogP contribution in [0.3, 0.4) is 0 Å². The molecule has 0 aliphatic rings. The highest BCUT2D eigenvalue weighted by molar-refractivity contribution is 5.74. The Balaban J connectivity index is 2.39. The van der Waals surface area contributed by atoms with Crippen molar-refractivity contribution in [1.29, 1.82) is 0 Å². The zero-order valence-electron chi connectivity index (χ0n) is 8.82. The highest BCUT2D eigenvalue weighted by Crippen LogP contribution is 2.15. The van der Waals surface area contributed by atoms with Crippen LogP contribution in [0.25, 0.3) is 0 Å². The maximum Gasteiger partial charge on any atom is 0.219 e. The summed E-state index contributed by atoms with van der Waals surface area (Å²) in [4.78, 5) is 10.5. The quantitative estimate of drug-likeness (QED) is 0.742. The van der Waals surface area contributed by atoms with Gasteiger partial charge in [-0.05, 0) is 31.2 Å². The molecule has 1 amide bonds. The lowest BCUT2D eigenvalue weighted by atomic mass is 10.3. The van der Waals surface area contributed by atoms with Crippen LogP contribution in [-0.2, 0) is 4.79 Å². The van der Waals surface area contributed by atoms with Crippen LogP contribution in [0.15, 0.2) is 24.3 Å². The van der Waals surface area contributed by atoms with Gasteiger partial charge in [0.1, 0.15) is 5.75 Å². The van der Waals surface area contributed by atoms with Gasteiger partial charge in [0.25, 0.3) is 0 Å². The number of carbonyl (C=O) groups is 1. The lowest BCUT2D eigenvalue weighted by Gasteiger charge is -2.06. The van der Waals surface area contributed by atoms with Crippen molar-refractivity contribution >= 4 is 11.6 Å². The number of hydrogen-bond acceptors (Lipinski definition) is 3. The van der Waals surface area contributed by atoms with Crippen molar-refractivity contribution in [3.05, 3.63) is 24.3 Å². The van der Waals surface area contributed by atoms with Gasteiger partial charge in [0.15, 0.2) is 0 Å². The zero-order valence-corrected chi connectivity index (χ0v) is 8.82. The van der Waals surface area contributed by atoms with E-state index in [2.05, 4.69) is 5.32 Å². The van der Waals surface area contributed by atoms with Crippen LogP contribution < -0.4 is 15.8 Å². The summed E-state index contributed by atoms with van der Waals surface area (Å²) < 4.78 is 5.30. The van der Waals surface area contributed by atoms with Gasteiger partial charge in [-0.25, -0.2) is 0 Å². The van der Waals surface area contributed by atoms with Crippen molar-refractivity contribution in [3.63, 3.8) is 0 Å². The molecule has 1 rings (SSSR count). The van der Waals surface area contributed by atoms with Crippen LogP contribution in [0.5, 0.6) is 5.75 Å². The number of hydrogen-bond donors (Lipinski definition) is 2. The SMILES string of the molecule is CCOc1ccc(NCCC(N)=O)cc1. The Morgan fingerprint density at radius 3 is 2.60 bits per heavy atom. The van der Waals surface area contributed by atoms with Gasteiger partial charge >= 0.3 is 0 Å². The van der Waals surface area contributed by atoms with E-state index < -0.39 is 0 Å². The highest BCUT2D eigenvalue weighted by Gasteiger charge is 1.96. The largest absolute Gasteiger partial charge is 0.494 e. The molecule has 0 saturated heterocycles. The van der Waals surface area contributed by atoms with Crippen LogP contribution in [0.1, 0.15) is 13.3 Å². The summed E-state index contributed by atoms with van der Waals surface area (Å²) in [5, 5.41) is 3.09. The minimum absolute atomic E-state index is 0.298. The predicted molar refractivity (Wildman–Crippen MR) is 59.9 cm³/mol. The third kappa shape index (κ3) is 4.35. The Morgan fingerprint density at radius 1 is 1.40 bits per heavy atom. The molecule has 15 heavy (non-hydrogen) atoms. The summed E-state index contributed by atoms with van der Waals surface area (Å²) in [5.41, 5.74) is 5.98. The number of benzene rings is 1. The molecule has 0 saturated carbocycles. The van der Waals surface area contributed by atoms with E-state index in [1.807, 2.05) is 31.2 Å². The Hall–Kier alpha value is -1.71. The van der Waals surface area contributed by atoms with Crippen LogP contribution in [0.4, 0.5) is 5.69 Å². The molecule has 0 unspecified atom stereocenters. The Labute approximate surface area is 89.4 Å². The third-order valence-electron chi connectivity index (χ3n) is 1.87. The minimum Gasteiger partial charge on any atom is -0.494 e. The molecule has 0 aliphatic carbocycles. The summed E-state index contributed by atoms with van der Waals surface area (Å²) in [5.74, 6) is 0.548. The zero-order chi connectivity index (χ0) is 11.1. The number of nitrogens with one attached hydrogen (secondary N) is 1. The van der Waals surface area contributed by atoms with E-state index in [-0.39, 0.29) is 5.91 Å². The van der Waals surface area contributed by atoms with Crippen LogP contribution in [-0.4, -0.2) is 19.1 Å². The van der Waals surface area contributed by atoms with Gasteiger partial charge in [-0.1, -0.05) is 0 Å². The fourth-order valence-corrected chi connectivity index (χ4v) is 1.17. The summed E-state index contributed by atoms with van der Waals surface area (Å²) in [6, 6.07) is 7.59. The van der Waals surface area contributed by atoms with Gasteiger partial charge in [-0.15, -0.1) is 0 Å². The highest BCUT2D eigenvalue weighted by atomic mass is 16.5. The number of rotatable bonds is 6. The topological polar surface area (TPSA) is 64.3 Å². The number of carbonyl (C=O) groups excluding carboxylic acids is 1. The summed E-state index contributed by atoms with van der Waals surface area (Å²) in [6.45, 7) is 3.16. The van der Waals surface area contributed by atoms with Crippen molar-refractivity contribution in [2.45, 2.75) is 13.3 Å². The summed E-state index contributed by atoms with van der Waals surface area (Å²) >= 11 is 0. The molecule has 0 aliphatic heterocycles. The first-order valence-electron chi connectivity index (χ1n) is 4.97. The lowest BCUT2D eigenvalue weighted by Crippen LogP contribution is -2.15. The standard InChI is InChI=1S/C11H16N2O2/c1-2-15-10-5-3-9(4-6-10)13-8-7-11(12)14/h3-6,13H,2,7-8H2,1H3,(H2,12,14). The summed E-state index contributed by atoms with van der Waals surface area (Å²) in [7, 11) is 0. The van der Waals surface area contributed by atoms with E-state index in [1.54, 1.807) is 0 Å². The van der Waals surface area contributed by atoms with Gasteiger partial charge in [0.2, 0.25) is 5.91 Å². The van der Waals surface area contributed by atoms with Crippen LogP contribution >= 0.6 is 0 Å². The fraction of sp³-hybridized carbons (Fsp3) is 0.364. The molecule has 3 N–H and O–H groups in total. The van der Waals surface area contributed by atoms with E-state index in [1.165, 1.54) is 0 Å². The second-order valence-corrected chi connectivity index (χ2v) is 3.10. The first-order valence-corrected chi connectivity index (χ1v) is 4.97. The van der Waals surface area contributed by atoms with Crippen LogP contribution in [0, 0.1) is 0 Å². The maximum absolute atomic E-state index is 10.5. The molecule has 1 aromatic rings. The number of nitrogens with two attached hydrogens (primary N) is 1. The third-order valence-corrected chi connectivity index (χ3v) is 1.87. The van der Waals surface area contributed by atoms with Gasteiger partial charge in [0, 0.05) is 18.7 Å². The average Bonchev–Trinajstić information content (AvgIpc) is 2.20. The molecule has 1 aromatic carbocycles. The van der Waals surface area contributed by atoms with E-state index in [0.717, 1.165) is 11.4 Å². The van der Waals surface area contributed by atoms with Crippen molar-refractivity contribution in [2.24, 2.45) is 5.73 Å². The number of amides is 1. The normalized spacial score (nSPS) is 9.67. The molecule has 0 bridgehead atoms. The van der Waals surface area contributed by atoms with Crippen molar-refractivity contribution in [2.75, 3.05) is 18.5 Å². The van der Waals surface area contributed by atoms with Gasteiger partial charge in [-0.2, -0.15) is 0 Å². The monoisotopic (exact) mass is 208 g/mol. The first-order chi connectivity index (χ1) is 7.22. The van der Waals surface area contributed by atoms with Crippen molar-refractivity contribution < 1.29 is 9.53 Å². The Bertz CT molecular complexity index is 309. The van der Waals surface area contributed by atoms with Gasteiger partial charge in [0.05, 0.1) is 6.61 Å².